The van der Waals surface area contributed by atoms with Crippen molar-refractivity contribution in [2.45, 2.75) is 67.2 Å². The van der Waals surface area contributed by atoms with Crippen LogP contribution in [0.1, 0.15) is 80.1 Å². The molecule has 0 aliphatic carbocycles. The van der Waals surface area contributed by atoms with Crippen LogP contribution in [0.2, 0.25) is 0 Å². The van der Waals surface area contributed by atoms with Crippen molar-refractivity contribution in [3.05, 3.63) is 76.9 Å². The van der Waals surface area contributed by atoms with Crippen molar-refractivity contribution >= 4 is 29.9 Å². The van der Waals surface area contributed by atoms with Crippen LogP contribution in [0.25, 0.3) is 5.76 Å². The minimum absolute atomic E-state index is 0.0887. The summed E-state index contributed by atoms with van der Waals surface area (Å²) >= 11 is 0. The highest BCUT2D eigenvalue weighted by Gasteiger charge is 2.17. The van der Waals surface area contributed by atoms with Crippen LogP contribution in [0, 0.1) is 6.92 Å². The monoisotopic (exact) mass is 573 g/mol. The second-order valence-corrected chi connectivity index (χ2v) is 8.77. The summed E-state index contributed by atoms with van der Waals surface area (Å²) < 4.78 is 35.1. The summed E-state index contributed by atoms with van der Waals surface area (Å²) in [6, 6.07) is 13.3. The van der Waals surface area contributed by atoms with Gasteiger partial charge in [-0.2, -0.15) is 8.78 Å². The van der Waals surface area contributed by atoms with Crippen LogP contribution in [0.3, 0.4) is 0 Å². The van der Waals surface area contributed by atoms with Gasteiger partial charge in [0.2, 0.25) is 0 Å². The highest BCUT2D eigenvalue weighted by molar-refractivity contribution is 6.02. The first-order valence-corrected chi connectivity index (χ1v) is 13.7. The molecular weight excluding hydrogens is 524 g/mol. The van der Waals surface area contributed by atoms with Gasteiger partial charge < -0.3 is 14.5 Å². The number of carbonyl (C=O) groups is 1. The van der Waals surface area contributed by atoms with Crippen molar-refractivity contribution in [2.75, 3.05) is 34.4 Å². The fourth-order valence-electron chi connectivity index (χ4n) is 3.11. The van der Waals surface area contributed by atoms with E-state index < -0.39 is 12.3 Å². The lowest BCUT2D eigenvalue weighted by Gasteiger charge is -2.13. The molecule has 0 amide bonds. The maximum Gasteiger partial charge on any atom is 0.312 e. The fourth-order valence-corrected chi connectivity index (χ4v) is 3.11. The molecule has 8 heteroatoms. The Bertz CT molecular complexity index is 1110. The topological polar surface area (TPSA) is 72.6 Å². The number of halogens is 2. The molecule has 2 rings (SSSR count). The summed E-state index contributed by atoms with van der Waals surface area (Å²) in [6.07, 6.45) is 0.467. The number of aryl methyl sites for hydroxylation is 2. The Morgan fingerprint density at radius 1 is 0.927 bits per heavy atom. The van der Waals surface area contributed by atoms with Gasteiger partial charge in [0.05, 0.1) is 0 Å². The van der Waals surface area contributed by atoms with Gasteiger partial charge in [0.15, 0.2) is 5.78 Å². The third-order valence-corrected chi connectivity index (χ3v) is 5.35. The molecule has 0 heterocycles. The molecule has 6 nitrogen and oxygen atoms in total. The molecule has 0 N–H and O–H groups in total. The molecule has 0 atom stereocenters. The first kappa shape index (κ1) is 39.6. The van der Waals surface area contributed by atoms with Crippen LogP contribution in [0.15, 0.2) is 64.0 Å². The van der Waals surface area contributed by atoms with Crippen molar-refractivity contribution in [3.63, 3.8) is 0 Å². The molecule has 0 fully saturated rings. The van der Waals surface area contributed by atoms with Gasteiger partial charge in [-0.15, -0.1) is 0 Å². The Morgan fingerprint density at radius 3 is 1.90 bits per heavy atom. The van der Waals surface area contributed by atoms with Gasteiger partial charge in [0.25, 0.3) is 5.90 Å². The Balaban J connectivity index is 0. The number of rotatable bonds is 10. The highest BCUT2D eigenvalue weighted by Crippen LogP contribution is 2.21. The minimum atomic E-state index is -2.73. The highest BCUT2D eigenvalue weighted by atomic mass is 19.3. The van der Waals surface area contributed by atoms with E-state index >= 15 is 0 Å². The maximum atomic E-state index is 12.5. The van der Waals surface area contributed by atoms with Gasteiger partial charge in [-0.25, -0.2) is 0 Å². The van der Waals surface area contributed by atoms with Crippen LogP contribution in [0.5, 0.6) is 0 Å². The molecule has 0 aliphatic rings. The summed E-state index contributed by atoms with van der Waals surface area (Å²) in [5.41, 5.74) is 5.54. The average molecular weight is 574 g/mol. The van der Waals surface area contributed by atoms with Gasteiger partial charge in [-0.05, 0) is 69.5 Å². The lowest BCUT2D eigenvalue weighted by molar-refractivity contribution is 0.101. The first-order valence-electron chi connectivity index (χ1n) is 13.7. The zero-order valence-corrected chi connectivity index (χ0v) is 26.4. The van der Waals surface area contributed by atoms with E-state index in [1.165, 1.54) is 12.6 Å². The number of ketones is 1. The molecule has 228 valence electrons. The first-order chi connectivity index (χ1) is 19.5. The number of alkyl halides is 2. The smallest absolute Gasteiger partial charge is 0.312 e. The van der Waals surface area contributed by atoms with Crippen LogP contribution < -0.4 is 0 Å². The van der Waals surface area contributed by atoms with Gasteiger partial charge in [0.1, 0.15) is 5.76 Å². The number of ether oxygens (including phenoxy) is 2. The number of hydrogen-bond acceptors (Lipinski definition) is 6. The predicted octanol–water partition coefficient (Wildman–Crippen LogP) is 8.31. The molecule has 41 heavy (non-hydrogen) atoms. The SMILES string of the molecule is C=C(OC(=NC)C(F)F)c1ccc(CC)cc1C.C=NC.CCCOCCC.CN=C(C)c1cccc(C(C)=O)c1. The molecule has 2 aromatic rings. The molecule has 0 spiro atoms. The quantitative estimate of drug-likeness (QED) is 0.0943. The lowest BCUT2D eigenvalue weighted by Crippen LogP contribution is -2.14. The standard InChI is InChI=1S/C14H17F2NO.C11H13NO.C6H14O.C2H5N/c1-5-11-6-7-12(9(2)8-11)10(3)18-14(17-4)13(15)16;1-8(12-3)10-5-4-6-11(7-10)9(2)13;1-3-5-7-6-4-2;1-3-2/h6-8,13H,3,5H2,1-2,4H3;4-7H,1-3H3;3-6H2,1-2H3;1H2,2H3. The zero-order chi connectivity index (χ0) is 31.8. The maximum absolute atomic E-state index is 12.5. The van der Waals surface area contributed by atoms with E-state index in [1.807, 2.05) is 56.3 Å². The Morgan fingerprint density at radius 2 is 1.49 bits per heavy atom. The Labute approximate surface area is 246 Å². The minimum Gasteiger partial charge on any atom is -0.438 e. The molecule has 0 bridgehead atoms. The summed E-state index contributed by atoms with van der Waals surface area (Å²) in [5.74, 6) is -0.333. The Kier molecular flexibility index (Phi) is 23.5. The molecule has 0 aliphatic heterocycles. The lowest BCUT2D eigenvalue weighted by atomic mass is 10.0. The summed E-state index contributed by atoms with van der Waals surface area (Å²) in [7, 11) is 4.65. The van der Waals surface area contributed by atoms with E-state index in [1.54, 1.807) is 21.0 Å². The van der Waals surface area contributed by atoms with Crippen molar-refractivity contribution in [3.8, 4) is 0 Å². The fraction of sp³-hybridized carbons (Fsp3) is 0.455. The number of Topliss-reactive ketones (excluding diaryl/α,β-unsaturated/α-hetero) is 1. The van der Waals surface area contributed by atoms with Crippen molar-refractivity contribution in [2.24, 2.45) is 15.0 Å². The average Bonchev–Trinajstić information content (AvgIpc) is 2.96. The van der Waals surface area contributed by atoms with E-state index in [0.29, 0.717) is 5.56 Å². The number of aliphatic imine (C=N–C) groups is 3. The van der Waals surface area contributed by atoms with Gasteiger partial charge in [-0.1, -0.05) is 63.7 Å². The van der Waals surface area contributed by atoms with Crippen molar-refractivity contribution in [1.82, 2.24) is 0 Å². The third kappa shape index (κ3) is 17.7. The molecular formula is C33H49F2N3O3. The second kappa shape index (κ2) is 24.3. The zero-order valence-electron chi connectivity index (χ0n) is 26.4. The number of hydrogen-bond donors (Lipinski definition) is 0. The molecule has 0 unspecified atom stereocenters. The van der Waals surface area contributed by atoms with Crippen LogP contribution in [-0.2, 0) is 15.9 Å². The molecule has 0 aromatic heterocycles. The second-order valence-electron chi connectivity index (χ2n) is 8.77. The molecule has 0 radical (unpaired) electrons. The van der Waals surface area contributed by atoms with E-state index in [-0.39, 0.29) is 11.5 Å². The Hall–Kier alpha value is -3.52. The number of benzene rings is 2. The van der Waals surface area contributed by atoms with Crippen molar-refractivity contribution < 1.29 is 23.0 Å². The van der Waals surface area contributed by atoms with E-state index in [4.69, 9.17) is 9.47 Å². The van der Waals surface area contributed by atoms with Gasteiger partial charge in [0, 0.05) is 51.2 Å². The van der Waals surface area contributed by atoms with E-state index in [2.05, 4.69) is 49.0 Å². The number of nitrogens with zero attached hydrogens (tertiary/aromatic N) is 3. The summed E-state index contributed by atoms with van der Waals surface area (Å²) in [4.78, 5) is 21.8. The summed E-state index contributed by atoms with van der Waals surface area (Å²) in [6.45, 7) is 20.3. The largest absolute Gasteiger partial charge is 0.438 e. The van der Waals surface area contributed by atoms with Gasteiger partial charge >= 0.3 is 6.43 Å². The predicted molar refractivity (Wildman–Crippen MR) is 171 cm³/mol. The van der Waals surface area contributed by atoms with Crippen LogP contribution >= 0.6 is 0 Å². The normalized spacial score (nSPS) is 10.7. The molecule has 0 saturated heterocycles. The van der Waals surface area contributed by atoms with Crippen LogP contribution in [-0.4, -0.2) is 64.9 Å². The molecule has 2 aromatic carbocycles. The number of carbonyl (C=O) groups excluding carboxylic acids is 1. The summed E-state index contributed by atoms with van der Waals surface area (Å²) in [5, 5.41) is 0. The third-order valence-electron chi connectivity index (χ3n) is 5.35. The molecule has 0 saturated carbocycles. The van der Waals surface area contributed by atoms with E-state index in [0.717, 1.165) is 54.9 Å². The van der Waals surface area contributed by atoms with Crippen LogP contribution in [0.4, 0.5) is 8.78 Å². The van der Waals surface area contributed by atoms with E-state index in [9.17, 15) is 13.6 Å². The van der Waals surface area contributed by atoms with Crippen molar-refractivity contribution in [1.29, 1.82) is 0 Å². The van der Waals surface area contributed by atoms with Gasteiger partial charge in [-0.3, -0.25) is 14.8 Å².